The molecule has 2 aromatic carbocycles. The Morgan fingerprint density at radius 2 is 1.66 bits per heavy atom. The SMILES string of the molecule is Cc1c(C2=COC(C)(C)C2=O)cccc1-c1cnc(NC(=O)c2c(F)cccc2F)cn1. The van der Waals surface area contributed by atoms with Crippen LogP contribution in [0.4, 0.5) is 14.6 Å². The molecule has 0 spiro atoms. The third-order valence-corrected chi connectivity index (χ3v) is 5.25. The minimum atomic E-state index is -0.970. The first-order chi connectivity index (χ1) is 15.2. The summed E-state index contributed by atoms with van der Waals surface area (Å²) in [6.45, 7) is 5.29. The molecule has 2 heterocycles. The van der Waals surface area contributed by atoms with Crippen molar-refractivity contribution in [2.45, 2.75) is 26.4 Å². The van der Waals surface area contributed by atoms with Crippen molar-refractivity contribution in [2.24, 2.45) is 0 Å². The normalized spacial score (nSPS) is 14.7. The van der Waals surface area contributed by atoms with Crippen molar-refractivity contribution in [1.82, 2.24) is 9.97 Å². The van der Waals surface area contributed by atoms with Crippen LogP contribution in [0.3, 0.4) is 0 Å². The Kier molecular flexibility index (Phi) is 5.30. The summed E-state index contributed by atoms with van der Waals surface area (Å²) in [6.07, 6.45) is 4.20. The number of aromatic nitrogens is 2. The van der Waals surface area contributed by atoms with E-state index in [0.717, 1.165) is 28.8 Å². The van der Waals surface area contributed by atoms with Crippen molar-refractivity contribution in [2.75, 3.05) is 5.32 Å². The molecule has 0 saturated heterocycles. The van der Waals surface area contributed by atoms with E-state index in [2.05, 4.69) is 15.3 Å². The third-order valence-electron chi connectivity index (χ3n) is 5.25. The minimum Gasteiger partial charge on any atom is -0.487 e. The van der Waals surface area contributed by atoms with Gasteiger partial charge in [-0.1, -0.05) is 24.3 Å². The maximum atomic E-state index is 13.8. The number of halogens is 2. The Labute approximate surface area is 183 Å². The average Bonchev–Trinajstić information content (AvgIpc) is 3.01. The Morgan fingerprint density at radius 1 is 1.00 bits per heavy atom. The summed E-state index contributed by atoms with van der Waals surface area (Å²) in [6, 6.07) is 8.64. The summed E-state index contributed by atoms with van der Waals surface area (Å²) in [5.41, 5.74) is 1.67. The van der Waals surface area contributed by atoms with Crippen molar-refractivity contribution >= 4 is 23.1 Å². The van der Waals surface area contributed by atoms with Crippen molar-refractivity contribution in [3.63, 3.8) is 0 Å². The Balaban J connectivity index is 1.59. The fourth-order valence-electron chi connectivity index (χ4n) is 3.45. The van der Waals surface area contributed by atoms with Gasteiger partial charge < -0.3 is 10.1 Å². The topological polar surface area (TPSA) is 81.2 Å². The average molecular weight is 435 g/mol. The number of amides is 1. The lowest BCUT2D eigenvalue weighted by Gasteiger charge is -2.16. The lowest BCUT2D eigenvalue weighted by Crippen LogP contribution is -2.29. The Bertz CT molecular complexity index is 1250. The van der Waals surface area contributed by atoms with E-state index in [1.54, 1.807) is 19.9 Å². The van der Waals surface area contributed by atoms with Crippen LogP contribution in [0, 0.1) is 18.6 Å². The first kappa shape index (κ1) is 21.3. The van der Waals surface area contributed by atoms with Crippen molar-refractivity contribution in [1.29, 1.82) is 0 Å². The second-order valence-corrected chi connectivity index (χ2v) is 7.80. The van der Waals surface area contributed by atoms with Crippen molar-refractivity contribution < 1.29 is 23.1 Å². The number of carbonyl (C=O) groups is 2. The molecule has 0 atom stereocenters. The maximum Gasteiger partial charge on any atom is 0.262 e. The number of nitrogens with one attached hydrogen (secondary N) is 1. The fourth-order valence-corrected chi connectivity index (χ4v) is 3.45. The van der Waals surface area contributed by atoms with E-state index >= 15 is 0 Å². The molecule has 1 aliphatic rings. The molecule has 1 aromatic heterocycles. The maximum absolute atomic E-state index is 13.8. The van der Waals surface area contributed by atoms with Gasteiger partial charge in [0, 0.05) is 5.56 Å². The molecule has 8 heteroatoms. The number of rotatable bonds is 4. The van der Waals surface area contributed by atoms with Gasteiger partial charge in [-0.05, 0) is 44.0 Å². The highest BCUT2D eigenvalue weighted by Gasteiger charge is 2.38. The molecule has 1 aliphatic heterocycles. The zero-order valence-corrected chi connectivity index (χ0v) is 17.6. The standard InChI is InChI=1S/C24H19F2N3O3/c1-13-14(16-12-32-24(2,3)22(16)30)6-4-7-15(13)19-10-28-20(11-27-19)29-23(31)21-17(25)8-5-9-18(21)26/h4-12H,1-3H3,(H,28,29,31). The summed E-state index contributed by atoms with van der Waals surface area (Å²) in [7, 11) is 0. The fraction of sp³-hybridized carbons (Fsp3) is 0.167. The van der Waals surface area contributed by atoms with Crippen LogP contribution in [0.25, 0.3) is 16.8 Å². The molecule has 6 nitrogen and oxygen atoms in total. The molecule has 3 aromatic rings. The Hall–Kier alpha value is -3.94. The summed E-state index contributed by atoms with van der Waals surface area (Å²) < 4.78 is 33.1. The second-order valence-electron chi connectivity index (χ2n) is 7.80. The predicted molar refractivity (Wildman–Crippen MR) is 115 cm³/mol. The number of ketones is 1. The molecule has 0 unspecified atom stereocenters. The number of Topliss-reactive ketones (excluding diaryl/α,β-unsaturated/α-hetero) is 1. The number of ether oxygens (including phenoxy) is 1. The number of hydrogen-bond donors (Lipinski definition) is 1. The monoisotopic (exact) mass is 435 g/mol. The minimum absolute atomic E-state index is 0.0408. The lowest BCUT2D eigenvalue weighted by molar-refractivity contribution is -0.125. The second kappa shape index (κ2) is 7.96. The predicted octanol–water partition coefficient (Wildman–Crippen LogP) is 4.70. The molecule has 0 aliphatic carbocycles. The van der Waals surface area contributed by atoms with Crippen molar-refractivity contribution in [3.05, 3.63) is 83.4 Å². The van der Waals surface area contributed by atoms with Crippen LogP contribution in [-0.4, -0.2) is 27.3 Å². The number of anilines is 1. The highest BCUT2D eigenvalue weighted by Crippen LogP contribution is 2.35. The zero-order valence-electron chi connectivity index (χ0n) is 17.6. The van der Waals surface area contributed by atoms with E-state index in [1.165, 1.54) is 24.7 Å². The van der Waals surface area contributed by atoms with Crippen LogP contribution in [0.15, 0.2) is 55.1 Å². The Morgan fingerprint density at radius 3 is 2.25 bits per heavy atom. The van der Waals surface area contributed by atoms with Crippen LogP contribution >= 0.6 is 0 Å². The molecule has 1 N–H and O–H groups in total. The number of hydrogen-bond acceptors (Lipinski definition) is 5. The van der Waals surface area contributed by atoms with Crippen molar-refractivity contribution in [3.8, 4) is 11.3 Å². The van der Waals surface area contributed by atoms with Gasteiger partial charge in [-0.25, -0.2) is 13.8 Å². The molecule has 32 heavy (non-hydrogen) atoms. The van der Waals surface area contributed by atoms with Gasteiger partial charge in [-0.3, -0.25) is 14.6 Å². The zero-order chi connectivity index (χ0) is 23.0. The molecule has 0 radical (unpaired) electrons. The van der Waals surface area contributed by atoms with Gasteiger partial charge in [0.15, 0.2) is 11.4 Å². The van der Waals surface area contributed by atoms with Crippen LogP contribution in [0.1, 0.15) is 35.3 Å². The van der Waals surface area contributed by atoms with Gasteiger partial charge in [-0.15, -0.1) is 0 Å². The largest absolute Gasteiger partial charge is 0.487 e. The van der Waals surface area contributed by atoms with E-state index in [0.29, 0.717) is 11.3 Å². The molecule has 4 rings (SSSR count). The van der Waals surface area contributed by atoms with Gasteiger partial charge in [0.1, 0.15) is 17.2 Å². The van der Waals surface area contributed by atoms with E-state index in [1.807, 2.05) is 19.1 Å². The number of benzene rings is 2. The van der Waals surface area contributed by atoms with Gasteiger partial charge >= 0.3 is 0 Å². The highest BCUT2D eigenvalue weighted by atomic mass is 19.1. The summed E-state index contributed by atoms with van der Waals surface area (Å²) in [5, 5.41) is 2.34. The van der Waals surface area contributed by atoms with E-state index in [9.17, 15) is 18.4 Å². The summed E-state index contributed by atoms with van der Waals surface area (Å²) in [5.74, 6) is -2.97. The quantitative estimate of drug-likeness (QED) is 0.642. The van der Waals surface area contributed by atoms with Gasteiger partial charge in [0.05, 0.1) is 29.9 Å². The summed E-state index contributed by atoms with van der Waals surface area (Å²) >= 11 is 0. The van der Waals surface area contributed by atoms with Gasteiger partial charge in [0.25, 0.3) is 5.91 Å². The number of nitrogens with zero attached hydrogens (tertiary/aromatic N) is 2. The van der Waals surface area contributed by atoms with Gasteiger partial charge in [-0.2, -0.15) is 0 Å². The smallest absolute Gasteiger partial charge is 0.262 e. The lowest BCUT2D eigenvalue weighted by atomic mass is 9.90. The van der Waals surface area contributed by atoms with Gasteiger partial charge in [0.2, 0.25) is 5.78 Å². The van der Waals surface area contributed by atoms with Crippen LogP contribution in [-0.2, 0) is 9.53 Å². The third kappa shape index (κ3) is 3.75. The molecule has 0 saturated carbocycles. The molecular formula is C24H19F2N3O3. The molecule has 1 amide bonds. The number of carbonyl (C=O) groups excluding carboxylic acids is 2. The first-order valence-electron chi connectivity index (χ1n) is 9.79. The summed E-state index contributed by atoms with van der Waals surface area (Å²) in [4.78, 5) is 33.3. The molecule has 162 valence electrons. The van der Waals surface area contributed by atoms with E-state index in [4.69, 9.17) is 4.74 Å². The first-order valence-corrected chi connectivity index (χ1v) is 9.79. The van der Waals surface area contributed by atoms with Crippen LogP contribution in [0.2, 0.25) is 0 Å². The van der Waals surface area contributed by atoms with Crippen LogP contribution in [0.5, 0.6) is 0 Å². The van der Waals surface area contributed by atoms with E-state index in [-0.39, 0.29) is 11.6 Å². The highest BCUT2D eigenvalue weighted by molar-refractivity contribution is 6.26. The molecular weight excluding hydrogens is 416 g/mol. The molecule has 0 fully saturated rings. The molecule has 0 bridgehead atoms. The van der Waals surface area contributed by atoms with Crippen LogP contribution < -0.4 is 5.32 Å². The van der Waals surface area contributed by atoms with E-state index < -0.39 is 28.7 Å².